The fourth-order valence-corrected chi connectivity index (χ4v) is 4.64. The number of fused-ring (bicyclic) bond motifs is 1. The molecule has 124 valence electrons. The molecule has 2 N–H and O–H groups in total. The fraction of sp³-hybridized carbons (Fsp3) is 0.500. The first-order chi connectivity index (χ1) is 10.9. The highest BCUT2D eigenvalue weighted by molar-refractivity contribution is 8.01. The van der Waals surface area contributed by atoms with Gasteiger partial charge >= 0.3 is 0 Å². The van der Waals surface area contributed by atoms with Gasteiger partial charge in [-0.05, 0) is 26.0 Å². The van der Waals surface area contributed by atoms with E-state index in [-0.39, 0.29) is 41.2 Å². The molecule has 2 saturated heterocycles. The monoisotopic (exact) mass is 336 g/mol. The first kappa shape index (κ1) is 16.1. The number of hydrogen-bond acceptors (Lipinski definition) is 5. The Morgan fingerprint density at radius 2 is 2.09 bits per heavy atom. The normalized spacial score (nSPS) is 28.0. The number of para-hydroxylation sites is 1. The number of nitrogens with zero attached hydrogens (tertiary/aromatic N) is 1. The smallest absolute Gasteiger partial charge is 0.258 e. The van der Waals surface area contributed by atoms with Gasteiger partial charge in [0.1, 0.15) is 17.2 Å². The Labute approximate surface area is 139 Å². The molecule has 3 atom stereocenters. The zero-order valence-electron chi connectivity index (χ0n) is 13.1. The third kappa shape index (κ3) is 2.90. The minimum atomic E-state index is -0.539. The number of aliphatic hydroxyl groups excluding tert-OH is 1. The molecule has 0 radical (unpaired) electrons. The third-order valence-electron chi connectivity index (χ3n) is 4.25. The van der Waals surface area contributed by atoms with Crippen molar-refractivity contribution >= 4 is 23.6 Å². The predicted molar refractivity (Wildman–Crippen MR) is 87.0 cm³/mol. The van der Waals surface area contributed by atoms with Crippen molar-refractivity contribution in [1.82, 2.24) is 10.2 Å². The molecule has 0 aliphatic carbocycles. The van der Waals surface area contributed by atoms with Crippen LogP contribution in [0.15, 0.2) is 30.3 Å². The highest BCUT2D eigenvalue weighted by atomic mass is 32.2. The van der Waals surface area contributed by atoms with E-state index in [2.05, 4.69) is 5.32 Å². The maximum atomic E-state index is 12.3. The van der Waals surface area contributed by atoms with Crippen molar-refractivity contribution < 1.29 is 19.4 Å². The van der Waals surface area contributed by atoms with Crippen LogP contribution in [0.1, 0.15) is 13.8 Å². The Hall–Kier alpha value is -1.73. The van der Waals surface area contributed by atoms with E-state index >= 15 is 0 Å². The summed E-state index contributed by atoms with van der Waals surface area (Å²) in [6.45, 7) is 3.81. The van der Waals surface area contributed by atoms with Crippen LogP contribution in [-0.2, 0) is 9.59 Å². The van der Waals surface area contributed by atoms with Crippen LogP contribution in [-0.4, -0.2) is 57.2 Å². The molecule has 0 saturated carbocycles. The number of β-lactam (4-membered cyclic amide) rings is 1. The molecule has 2 amide bonds. The van der Waals surface area contributed by atoms with Crippen molar-refractivity contribution in [3.63, 3.8) is 0 Å². The van der Waals surface area contributed by atoms with E-state index < -0.39 is 6.04 Å². The molecule has 7 heteroatoms. The largest absolute Gasteiger partial charge is 0.484 e. The summed E-state index contributed by atoms with van der Waals surface area (Å²) < 4.78 is 5.16. The Balaban J connectivity index is 1.55. The van der Waals surface area contributed by atoms with Gasteiger partial charge in [-0.15, -0.1) is 11.8 Å². The molecule has 1 aromatic carbocycles. The number of carbonyl (C=O) groups excluding carboxylic acids is 2. The van der Waals surface area contributed by atoms with Gasteiger partial charge in [0.25, 0.3) is 5.91 Å². The standard InChI is InChI=1S/C16H20N2O4S/c1-16(2)11(8-19)18-14(21)13(15(18)23-16)17-12(20)9-22-10-6-4-3-5-7-10/h3-7,11,13,15,19H,8-9H2,1-2H3,(H,17,20)/t11-,13+,15+/m0/s1. The second-order valence-corrected chi connectivity index (χ2v) is 7.97. The minimum absolute atomic E-state index is 0.0694. The van der Waals surface area contributed by atoms with Crippen LogP contribution in [0, 0.1) is 0 Å². The second kappa shape index (κ2) is 6.05. The molecule has 0 bridgehead atoms. The van der Waals surface area contributed by atoms with Crippen LogP contribution in [0.4, 0.5) is 0 Å². The van der Waals surface area contributed by atoms with Gasteiger partial charge in [0.15, 0.2) is 6.61 Å². The van der Waals surface area contributed by atoms with Gasteiger partial charge in [0.05, 0.1) is 12.6 Å². The predicted octanol–water partition coefficient (Wildman–Crippen LogP) is 0.605. The first-order valence-electron chi connectivity index (χ1n) is 7.52. The molecule has 1 aromatic rings. The van der Waals surface area contributed by atoms with E-state index in [9.17, 15) is 14.7 Å². The highest BCUT2D eigenvalue weighted by Crippen LogP contribution is 2.50. The number of nitrogens with one attached hydrogen (secondary N) is 1. The molecule has 23 heavy (non-hydrogen) atoms. The zero-order valence-corrected chi connectivity index (χ0v) is 13.9. The zero-order chi connectivity index (χ0) is 16.6. The highest BCUT2D eigenvalue weighted by Gasteiger charge is 2.61. The van der Waals surface area contributed by atoms with E-state index in [1.165, 1.54) is 0 Å². The Bertz CT molecular complexity index is 607. The SMILES string of the molecule is CC1(C)S[C@@H]2[C@H](NC(=O)COc3ccccc3)C(=O)N2[C@H]1CO. The van der Waals surface area contributed by atoms with Crippen LogP contribution in [0.25, 0.3) is 0 Å². The molecular formula is C16H20N2O4S. The van der Waals surface area contributed by atoms with E-state index in [1.807, 2.05) is 32.0 Å². The van der Waals surface area contributed by atoms with Crippen molar-refractivity contribution in [1.29, 1.82) is 0 Å². The van der Waals surface area contributed by atoms with Crippen molar-refractivity contribution in [2.75, 3.05) is 13.2 Å². The molecule has 0 unspecified atom stereocenters. The lowest BCUT2D eigenvalue weighted by molar-refractivity contribution is -0.152. The molecule has 2 fully saturated rings. The molecule has 3 rings (SSSR count). The number of rotatable bonds is 5. The van der Waals surface area contributed by atoms with Crippen molar-refractivity contribution in [3.05, 3.63) is 30.3 Å². The lowest BCUT2D eigenvalue weighted by Gasteiger charge is -2.44. The van der Waals surface area contributed by atoms with Gasteiger partial charge in [0.2, 0.25) is 5.91 Å². The summed E-state index contributed by atoms with van der Waals surface area (Å²) in [4.78, 5) is 25.9. The summed E-state index contributed by atoms with van der Waals surface area (Å²) in [5.41, 5.74) is 0. The van der Waals surface area contributed by atoms with Gasteiger partial charge in [-0.3, -0.25) is 9.59 Å². The summed E-state index contributed by atoms with van der Waals surface area (Å²) in [5.74, 6) is 0.152. The number of hydrogen-bond donors (Lipinski definition) is 2. The lowest BCUT2D eigenvalue weighted by Crippen LogP contribution is -2.70. The van der Waals surface area contributed by atoms with Crippen molar-refractivity contribution in [3.8, 4) is 5.75 Å². The number of benzene rings is 1. The van der Waals surface area contributed by atoms with Gasteiger partial charge < -0.3 is 20.1 Å². The van der Waals surface area contributed by atoms with Gasteiger partial charge in [-0.1, -0.05) is 18.2 Å². The van der Waals surface area contributed by atoms with Crippen molar-refractivity contribution in [2.24, 2.45) is 0 Å². The maximum Gasteiger partial charge on any atom is 0.258 e. The average Bonchev–Trinajstić information content (AvgIpc) is 2.79. The van der Waals surface area contributed by atoms with E-state index in [0.29, 0.717) is 5.75 Å². The van der Waals surface area contributed by atoms with Gasteiger partial charge in [0, 0.05) is 4.75 Å². The van der Waals surface area contributed by atoms with Crippen LogP contribution in [0.3, 0.4) is 0 Å². The quantitative estimate of drug-likeness (QED) is 0.770. The summed E-state index contributed by atoms with van der Waals surface area (Å²) in [6, 6.07) is 8.31. The number of ether oxygens (including phenoxy) is 1. The molecule has 2 aliphatic rings. The van der Waals surface area contributed by atoms with Gasteiger partial charge in [-0.25, -0.2) is 0 Å². The van der Waals surface area contributed by atoms with E-state index in [0.717, 1.165) is 0 Å². The number of thioether (sulfide) groups is 1. The summed E-state index contributed by atoms with van der Waals surface area (Å²) in [7, 11) is 0. The van der Waals surface area contributed by atoms with Crippen LogP contribution in [0.2, 0.25) is 0 Å². The van der Waals surface area contributed by atoms with E-state index in [4.69, 9.17) is 4.74 Å². The van der Waals surface area contributed by atoms with Crippen LogP contribution < -0.4 is 10.1 Å². The average molecular weight is 336 g/mol. The maximum absolute atomic E-state index is 12.3. The summed E-state index contributed by atoms with van der Waals surface area (Å²) >= 11 is 1.61. The number of amides is 2. The first-order valence-corrected chi connectivity index (χ1v) is 8.40. The number of aliphatic hydroxyl groups is 1. The molecule has 2 heterocycles. The van der Waals surface area contributed by atoms with Crippen molar-refractivity contribution in [2.45, 2.75) is 36.1 Å². The Morgan fingerprint density at radius 3 is 2.74 bits per heavy atom. The van der Waals surface area contributed by atoms with E-state index in [1.54, 1.807) is 28.8 Å². The third-order valence-corrected chi connectivity index (χ3v) is 5.87. The molecule has 6 nitrogen and oxygen atoms in total. The molecule has 2 aliphatic heterocycles. The molecule has 0 spiro atoms. The topological polar surface area (TPSA) is 78.9 Å². The summed E-state index contributed by atoms with van der Waals surface area (Å²) in [5, 5.41) is 12.1. The van der Waals surface area contributed by atoms with Gasteiger partial charge in [-0.2, -0.15) is 0 Å². The fourth-order valence-electron chi connectivity index (χ4n) is 2.99. The lowest BCUT2D eigenvalue weighted by atomic mass is 9.96. The second-order valence-electron chi connectivity index (χ2n) is 6.20. The number of carbonyl (C=O) groups is 2. The Morgan fingerprint density at radius 1 is 1.39 bits per heavy atom. The summed E-state index contributed by atoms with van der Waals surface area (Å²) in [6.07, 6.45) is 0. The van der Waals surface area contributed by atoms with Crippen LogP contribution in [0.5, 0.6) is 5.75 Å². The molecular weight excluding hydrogens is 316 g/mol. The molecule has 0 aromatic heterocycles. The Kier molecular flexibility index (Phi) is 4.25. The van der Waals surface area contributed by atoms with Crippen LogP contribution >= 0.6 is 11.8 Å². The minimum Gasteiger partial charge on any atom is -0.484 e.